The Morgan fingerprint density at radius 3 is 2.20 bits per heavy atom. The lowest BCUT2D eigenvalue weighted by Gasteiger charge is -2.15. The number of rotatable bonds is 5. The van der Waals surface area contributed by atoms with E-state index in [1.54, 1.807) is 0 Å². The second-order valence-electron chi connectivity index (χ2n) is 4.79. The van der Waals surface area contributed by atoms with E-state index in [0.717, 1.165) is 20.9 Å². The first-order chi connectivity index (χ1) is 9.58. The van der Waals surface area contributed by atoms with Crippen LogP contribution < -0.4 is 0 Å². The highest BCUT2D eigenvalue weighted by molar-refractivity contribution is 9.10. The van der Waals surface area contributed by atoms with E-state index in [1.165, 1.54) is 11.6 Å². The van der Waals surface area contributed by atoms with Gasteiger partial charge in [-0.25, -0.2) is 4.39 Å². The Bertz CT molecular complexity index is 569. The topological polar surface area (TPSA) is 0 Å². The minimum Gasteiger partial charge on any atom is -0.207 e. The monoisotopic (exact) mass is 418 g/mol. The molecule has 0 fully saturated rings. The predicted octanol–water partition coefficient (Wildman–Crippen LogP) is 5.99. The van der Waals surface area contributed by atoms with Crippen molar-refractivity contribution in [3.05, 3.63) is 68.4 Å². The van der Waals surface area contributed by atoms with Gasteiger partial charge in [-0.3, -0.25) is 0 Å². The Morgan fingerprint density at radius 1 is 0.950 bits per heavy atom. The quantitative estimate of drug-likeness (QED) is 0.521. The van der Waals surface area contributed by atoms with E-state index in [2.05, 4.69) is 44.0 Å². The minimum atomic E-state index is -0.176. The summed E-state index contributed by atoms with van der Waals surface area (Å²) in [7, 11) is 0. The summed E-state index contributed by atoms with van der Waals surface area (Å²) in [6.45, 7) is 0. The Morgan fingerprint density at radius 2 is 1.60 bits per heavy atom. The van der Waals surface area contributed by atoms with Crippen LogP contribution in [0.15, 0.2) is 51.4 Å². The van der Waals surface area contributed by atoms with Crippen molar-refractivity contribution in [2.45, 2.75) is 12.8 Å². The lowest BCUT2D eigenvalue weighted by molar-refractivity contribution is 0.546. The summed E-state index contributed by atoms with van der Waals surface area (Å²) in [6, 6.07) is 13.4. The molecule has 0 amide bonds. The van der Waals surface area contributed by atoms with Gasteiger partial charge in [-0.1, -0.05) is 50.1 Å². The fourth-order valence-electron chi connectivity index (χ4n) is 2.13. The summed E-state index contributed by atoms with van der Waals surface area (Å²) in [5, 5.41) is 0. The molecule has 1 atom stereocenters. The molecule has 0 N–H and O–H groups in total. The van der Waals surface area contributed by atoms with Crippen molar-refractivity contribution < 1.29 is 4.39 Å². The van der Waals surface area contributed by atoms with Crippen molar-refractivity contribution in [3.8, 4) is 0 Å². The molecule has 0 aliphatic heterocycles. The first-order valence-corrected chi connectivity index (χ1v) is 8.45. The molecule has 1 unspecified atom stereocenters. The van der Waals surface area contributed by atoms with Crippen LogP contribution in [0.25, 0.3) is 0 Å². The Hall–Kier alpha value is -0.380. The molecule has 106 valence electrons. The highest BCUT2D eigenvalue weighted by atomic mass is 79.9. The average Bonchev–Trinajstić information content (AvgIpc) is 2.43. The van der Waals surface area contributed by atoms with E-state index in [4.69, 9.17) is 11.6 Å². The molecule has 0 aliphatic rings. The zero-order valence-electron chi connectivity index (χ0n) is 10.8. The summed E-state index contributed by atoms with van der Waals surface area (Å²) in [4.78, 5) is 0. The third kappa shape index (κ3) is 4.57. The normalized spacial score (nSPS) is 12.4. The van der Waals surface area contributed by atoms with Gasteiger partial charge in [-0.2, -0.15) is 0 Å². The van der Waals surface area contributed by atoms with E-state index < -0.39 is 0 Å². The summed E-state index contributed by atoms with van der Waals surface area (Å²) < 4.78 is 15.7. The van der Waals surface area contributed by atoms with Gasteiger partial charge in [0.15, 0.2) is 0 Å². The average molecular weight is 421 g/mol. The Balaban J connectivity index is 2.07. The van der Waals surface area contributed by atoms with Crippen molar-refractivity contribution in [1.82, 2.24) is 0 Å². The maximum absolute atomic E-state index is 13.9. The molecule has 2 aromatic carbocycles. The van der Waals surface area contributed by atoms with Crippen molar-refractivity contribution in [2.75, 3.05) is 5.88 Å². The zero-order chi connectivity index (χ0) is 14.5. The summed E-state index contributed by atoms with van der Waals surface area (Å²) in [5.41, 5.74) is 1.94. The van der Waals surface area contributed by atoms with Crippen molar-refractivity contribution in [3.63, 3.8) is 0 Å². The van der Waals surface area contributed by atoms with E-state index in [0.29, 0.717) is 12.3 Å². The molecule has 2 aromatic rings. The van der Waals surface area contributed by atoms with E-state index >= 15 is 0 Å². The van der Waals surface area contributed by atoms with E-state index in [9.17, 15) is 4.39 Å². The lowest BCUT2D eigenvalue weighted by atomic mass is 9.94. The molecule has 2 rings (SSSR count). The molecular formula is C16H14Br2ClF. The van der Waals surface area contributed by atoms with Crippen LogP contribution in [0.3, 0.4) is 0 Å². The largest absolute Gasteiger partial charge is 0.207 e. The van der Waals surface area contributed by atoms with Gasteiger partial charge in [0.25, 0.3) is 0 Å². The Kier molecular flexibility index (Phi) is 6.06. The number of alkyl halides is 1. The molecule has 0 saturated carbocycles. The van der Waals surface area contributed by atoms with Crippen LogP contribution in [0.1, 0.15) is 11.1 Å². The van der Waals surface area contributed by atoms with Crippen LogP contribution in [-0.4, -0.2) is 5.88 Å². The zero-order valence-corrected chi connectivity index (χ0v) is 14.7. The number of halogens is 4. The molecule has 0 nitrogen and oxygen atoms in total. The van der Waals surface area contributed by atoms with Gasteiger partial charge in [-0.05, 0) is 54.2 Å². The number of benzene rings is 2. The van der Waals surface area contributed by atoms with Crippen LogP contribution in [0.5, 0.6) is 0 Å². The van der Waals surface area contributed by atoms with Gasteiger partial charge in [0.2, 0.25) is 0 Å². The fourth-order valence-corrected chi connectivity index (χ4v) is 2.95. The van der Waals surface area contributed by atoms with Crippen molar-refractivity contribution in [2.24, 2.45) is 5.92 Å². The number of hydrogen-bond acceptors (Lipinski definition) is 0. The van der Waals surface area contributed by atoms with Gasteiger partial charge in [0.05, 0.1) is 0 Å². The van der Waals surface area contributed by atoms with Gasteiger partial charge >= 0.3 is 0 Å². The number of hydrogen-bond donors (Lipinski definition) is 0. The van der Waals surface area contributed by atoms with Crippen molar-refractivity contribution in [1.29, 1.82) is 0 Å². The molecule has 0 aliphatic carbocycles. The van der Waals surface area contributed by atoms with Gasteiger partial charge in [0, 0.05) is 14.8 Å². The maximum atomic E-state index is 13.9. The molecule has 0 spiro atoms. The first kappa shape index (κ1) is 16.0. The van der Waals surface area contributed by atoms with Crippen LogP contribution in [-0.2, 0) is 12.8 Å². The van der Waals surface area contributed by atoms with Crippen LogP contribution in [0.2, 0.25) is 0 Å². The summed E-state index contributed by atoms with van der Waals surface area (Å²) in [5.74, 6) is 0.574. The van der Waals surface area contributed by atoms with Gasteiger partial charge in [-0.15, -0.1) is 11.6 Å². The summed E-state index contributed by atoms with van der Waals surface area (Å²) >= 11 is 12.7. The second-order valence-corrected chi connectivity index (χ2v) is 6.93. The van der Waals surface area contributed by atoms with Crippen LogP contribution in [0.4, 0.5) is 4.39 Å². The molecule has 0 heterocycles. The summed E-state index contributed by atoms with van der Waals surface area (Å²) in [6.07, 6.45) is 1.50. The van der Waals surface area contributed by atoms with Gasteiger partial charge in [0.1, 0.15) is 5.82 Å². The van der Waals surface area contributed by atoms with E-state index in [-0.39, 0.29) is 11.7 Å². The molecule has 0 bridgehead atoms. The highest BCUT2D eigenvalue weighted by Gasteiger charge is 2.13. The molecule has 4 heteroatoms. The predicted molar refractivity (Wildman–Crippen MR) is 89.9 cm³/mol. The SMILES string of the molecule is Fc1cc(Br)ccc1CC(CCl)Cc1ccc(Br)cc1. The highest BCUT2D eigenvalue weighted by Crippen LogP contribution is 2.22. The second kappa shape index (κ2) is 7.58. The third-order valence-electron chi connectivity index (χ3n) is 3.18. The Labute approximate surface area is 140 Å². The maximum Gasteiger partial charge on any atom is 0.127 e. The minimum absolute atomic E-state index is 0.176. The van der Waals surface area contributed by atoms with Crippen LogP contribution in [0, 0.1) is 11.7 Å². The molecule has 20 heavy (non-hydrogen) atoms. The lowest BCUT2D eigenvalue weighted by Crippen LogP contribution is -2.11. The van der Waals surface area contributed by atoms with E-state index in [1.807, 2.05) is 24.3 Å². The smallest absolute Gasteiger partial charge is 0.127 e. The standard InChI is InChI=1S/C16H14Br2ClF/c17-14-4-1-11(2-5-14)7-12(10-19)8-13-3-6-15(18)9-16(13)20/h1-6,9,12H,7-8,10H2. The molecule has 0 radical (unpaired) electrons. The third-order valence-corrected chi connectivity index (χ3v) is 4.64. The molecular weight excluding hydrogens is 406 g/mol. The van der Waals surface area contributed by atoms with Gasteiger partial charge < -0.3 is 0 Å². The van der Waals surface area contributed by atoms with Crippen LogP contribution >= 0.6 is 43.5 Å². The van der Waals surface area contributed by atoms with Crippen molar-refractivity contribution >= 4 is 43.5 Å². The first-order valence-electron chi connectivity index (χ1n) is 6.33. The molecule has 0 saturated heterocycles. The molecule has 0 aromatic heterocycles. The fraction of sp³-hybridized carbons (Fsp3) is 0.250.